The summed E-state index contributed by atoms with van der Waals surface area (Å²) in [6.07, 6.45) is 3.86. The van der Waals surface area contributed by atoms with Crippen molar-refractivity contribution < 1.29 is 18.0 Å². The number of terminal acetylenes is 1. The standard InChI is InChI=1S/C25H28F3N3O/c1-5-18-15-19(13-12-17(18)2)24(32)29-22-10-8-9-21(25(26,27)28)20(22)16-31-14-7-6-11-23(31)30(3)4/h1,8-10,12-13,15,23H,6-7,11,14,16H2,2-4H3,(H,29,32). The van der Waals surface area contributed by atoms with Crippen LogP contribution in [0.15, 0.2) is 36.4 Å². The molecular weight excluding hydrogens is 415 g/mol. The Morgan fingerprint density at radius 3 is 2.66 bits per heavy atom. The summed E-state index contributed by atoms with van der Waals surface area (Å²) in [5.74, 6) is 2.03. The predicted octanol–water partition coefficient (Wildman–Crippen LogP) is 5.12. The summed E-state index contributed by atoms with van der Waals surface area (Å²) < 4.78 is 41.6. The van der Waals surface area contributed by atoms with Crippen LogP contribution in [0, 0.1) is 19.3 Å². The minimum Gasteiger partial charge on any atom is -0.322 e. The first-order chi connectivity index (χ1) is 15.1. The van der Waals surface area contributed by atoms with Gasteiger partial charge >= 0.3 is 6.18 Å². The van der Waals surface area contributed by atoms with Gasteiger partial charge in [0.2, 0.25) is 0 Å². The normalized spacial score (nSPS) is 17.2. The van der Waals surface area contributed by atoms with Crippen LogP contribution in [0.1, 0.15) is 51.9 Å². The fraction of sp³-hybridized carbons (Fsp3) is 0.400. The highest BCUT2D eigenvalue weighted by Gasteiger charge is 2.36. The van der Waals surface area contributed by atoms with Crippen LogP contribution in [0.25, 0.3) is 0 Å². The third kappa shape index (κ3) is 5.32. The Morgan fingerprint density at radius 1 is 1.25 bits per heavy atom. The third-order valence-electron chi connectivity index (χ3n) is 5.92. The largest absolute Gasteiger partial charge is 0.416 e. The molecule has 1 fully saturated rings. The van der Waals surface area contributed by atoms with Gasteiger partial charge in [0.15, 0.2) is 0 Å². The molecule has 0 aromatic heterocycles. The molecule has 0 aliphatic carbocycles. The summed E-state index contributed by atoms with van der Waals surface area (Å²) in [4.78, 5) is 17.0. The Hall–Kier alpha value is -2.82. The van der Waals surface area contributed by atoms with E-state index in [0.29, 0.717) is 17.7 Å². The van der Waals surface area contributed by atoms with Crippen molar-refractivity contribution in [2.75, 3.05) is 26.0 Å². The molecule has 170 valence electrons. The Bertz CT molecular complexity index is 1020. The number of halogens is 3. The lowest BCUT2D eigenvalue weighted by Gasteiger charge is -2.40. The average molecular weight is 444 g/mol. The van der Waals surface area contributed by atoms with E-state index in [4.69, 9.17) is 6.42 Å². The number of nitrogens with one attached hydrogen (secondary N) is 1. The molecular formula is C25H28F3N3O. The molecule has 1 aliphatic heterocycles. The van der Waals surface area contributed by atoms with Crippen molar-refractivity contribution in [1.82, 2.24) is 9.80 Å². The highest BCUT2D eigenvalue weighted by Crippen LogP contribution is 2.37. The second kappa shape index (κ2) is 9.76. The van der Waals surface area contributed by atoms with Crippen molar-refractivity contribution in [1.29, 1.82) is 0 Å². The van der Waals surface area contributed by atoms with Crippen molar-refractivity contribution in [3.05, 3.63) is 64.2 Å². The van der Waals surface area contributed by atoms with Gasteiger partial charge in [-0.3, -0.25) is 14.6 Å². The van der Waals surface area contributed by atoms with Crippen molar-refractivity contribution in [2.24, 2.45) is 0 Å². The Balaban J connectivity index is 1.97. The van der Waals surface area contributed by atoms with Gasteiger partial charge in [0.25, 0.3) is 5.91 Å². The molecule has 32 heavy (non-hydrogen) atoms. The van der Waals surface area contributed by atoms with Crippen LogP contribution in [0.3, 0.4) is 0 Å². The van der Waals surface area contributed by atoms with Crippen LogP contribution in [-0.4, -0.2) is 42.5 Å². The lowest BCUT2D eigenvalue weighted by Crippen LogP contribution is -2.47. The minimum absolute atomic E-state index is 0.0453. The van der Waals surface area contributed by atoms with Gasteiger partial charge in [-0.2, -0.15) is 13.2 Å². The first-order valence-corrected chi connectivity index (χ1v) is 10.6. The van der Waals surface area contributed by atoms with Gasteiger partial charge in [0.05, 0.1) is 11.7 Å². The quantitative estimate of drug-likeness (QED) is 0.652. The highest BCUT2D eigenvalue weighted by molar-refractivity contribution is 6.05. The van der Waals surface area contributed by atoms with Crippen LogP contribution in [0.5, 0.6) is 0 Å². The molecule has 1 atom stereocenters. The van der Waals surface area contributed by atoms with E-state index in [1.807, 2.05) is 30.8 Å². The number of aryl methyl sites for hydroxylation is 1. The molecule has 1 N–H and O–H groups in total. The zero-order chi connectivity index (χ0) is 23.5. The van der Waals surface area contributed by atoms with Gasteiger partial charge in [-0.15, -0.1) is 6.42 Å². The van der Waals surface area contributed by atoms with E-state index in [9.17, 15) is 18.0 Å². The SMILES string of the molecule is C#Cc1cc(C(=O)Nc2cccc(C(F)(F)F)c2CN2CCCCC2N(C)C)ccc1C. The number of anilines is 1. The lowest BCUT2D eigenvalue weighted by atomic mass is 10.0. The number of alkyl halides is 3. The lowest BCUT2D eigenvalue weighted by molar-refractivity contribution is -0.138. The Kier molecular flexibility index (Phi) is 7.27. The molecule has 1 amide bonds. The van der Waals surface area contributed by atoms with Crippen LogP contribution in [0.2, 0.25) is 0 Å². The molecule has 3 rings (SSSR count). The zero-order valence-electron chi connectivity index (χ0n) is 18.6. The van der Waals surface area contributed by atoms with E-state index < -0.39 is 17.6 Å². The number of amides is 1. The molecule has 0 radical (unpaired) electrons. The number of likely N-dealkylation sites (tertiary alicyclic amines) is 1. The van der Waals surface area contributed by atoms with E-state index in [0.717, 1.165) is 30.9 Å². The molecule has 0 saturated carbocycles. The van der Waals surface area contributed by atoms with Gasteiger partial charge < -0.3 is 5.32 Å². The molecule has 2 aromatic carbocycles. The fourth-order valence-corrected chi connectivity index (χ4v) is 4.20. The summed E-state index contributed by atoms with van der Waals surface area (Å²) in [5, 5.41) is 2.70. The van der Waals surface area contributed by atoms with Crippen molar-refractivity contribution >= 4 is 11.6 Å². The van der Waals surface area contributed by atoms with Crippen molar-refractivity contribution in [2.45, 2.75) is 45.1 Å². The van der Waals surface area contributed by atoms with Crippen LogP contribution < -0.4 is 5.32 Å². The van der Waals surface area contributed by atoms with E-state index in [2.05, 4.69) is 11.2 Å². The molecule has 0 spiro atoms. The summed E-state index contributed by atoms with van der Waals surface area (Å²) in [6.45, 7) is 2.63. The maximum atomic E-state index is 13.9. The molecule has 1 saturated heterocycles. The Morgan fingerprint density at radius 2 is 2.00 bits per heavy atom. The molecule has 1 aliphatic rings. The number of hydrogen-bond acceptors (Lipinski definition) is 3. The number of carbonyl (C=O) groups excluding carboxylic acids is 1. The zero-order valence-corrected chi connectivity index (χ0v) is 18.6. The first kappa shape index (κ1) is 23.8. The van der Waals surface area contributed by atoms with E-state index >= 15 is 0 Å². The molecule has 1 unspecified atom stereocenters. The number of hydrogen-bond donors (Lipinski definition) is 1. The number of benzene rings is 2. The van der Waals surface area contributed by atoms with Gasteiger partial charge in [0.1, 0.15) is 0 Å². The topological polar surface area (TPSA) is 35.6 Å². The van der Waals surface area contributed by atoms with E-state index in [1.54, 1.807) is 18.2 Å². The van der Waals surface area contributed by atoms with Gasteiger partial charge in [0, 0.05) is 28.9 Å². The maximum absolute atomic E-state index is 13.9. The second-order valence-electron chi connectivity index (χ2n) is 8.37. The monoisotopic (exact) mass is 443 g/mol. The Labute approximate surface area is 187 Å². The van der Waals surface area contributed by atoms with Gasteiger partial charge in [-0.1, -0.05) is 18.1 Å². The van der Waals surface area contributed by atoms with Crippen molar-refractivity contribution in [3.8, 4) is 12.3 Å². The van der Waals surface area contributed by atoms with Crippen LogP contribution in [-0.2, 0) is 12.7 Å². The molecule has 1 heterocycles. The number of rotatable bonds is 5. The highest BCUT2D eigenvalue weighted by atomic mass is 19.4. The van der Waals surface area contributed by atoms with Crippen LogP contribution >= 0.6 is 0 Å². The van der Waals surface area contributed by atoms with Crippen molar-refractivity contribution in [3.63, 3.8) is 0 Å². The summed E-state index contributed by atoms with van der Waals surface area (Å²) in [6, 6.07) is 8.83. The summed E-state index contributed by atoms with van der Waals surface area (Å²) in [5.41, 5.74) is 1.23. The maximum Gasteiger partial charge on any atom is 0.416 e. The third-order valence-corrected chi connectivity index (χ3v) is 5.92. The average Bonchev–Trinajstić information content (AvgIpc) is 2.74. The van der Waals surface area contributed by atoms with Gasteiger partial charge in [-0.25, -0.2) is 0 Å². The van der Waals surface area contributed by atoms with E-state index in [-0.39, 0.29) is 24.0 Å². The minimum atomic E-state index is -4.53. The fourth-order valence-electron chi connectivity index (χ4n) is 4.20. The molecule has 7 heteroatoms. The smallest absolute Gasteiger partial charge is 0.322 e. The molecule has 4 nitrogen and oxygen atoms in total. The van der Waals surface area contributed by atoms with E-state index in [1.165, 1.54) is 12.1 Å². The summed E-state index contributed by atoms with van der Waals surface area (Å²) in [7, 11) is 3.86. The van der Waals surface area contributed by atoms with Gasteiger partial charge in [-0.05, 0) is 76.7 Å². The first-order valence-electron chi connectivity index (χ1n) is 10.6. The number of carbonyl (C=O) groups is 1. The number of piperidine rings is 1. The molecule has 0 bridgehead atoms. The summed E-state index contributed by atoms with van der Waals surface area (Å²) >= 11 is 0. The van der Waals surface area contributed by atoms with Crippen LogP contribution in [0.4, 0.5) is 18.9 Å². The predicted molar refractivity (Wildman–Crippen MR) is 120 cm³/mol. The molecule has 2 aromatic rings. The second-order valence-corrected chi connectivity index (χ2v) is 8.37. The number of nitrogens with zero attached hydrogens (tertiary/aromatic N) is 2.